The van der Waals surface area contributed by atoms with Gasteiger partial charge in [-0.05, 0) is 30.4 Å². The molecule has 1 amide bonds. The van der Waals surface area contributed by atoms with Crippen molar-refractivity contribution < 1.29 is 4.79 Å². The molecule has 2 aliphatic rings. The van der Waals surface area contributed by atoms with E-state index in [2.05, 4.69) is 69.4 Å². The van der Waals surface area contributed by atoms with Crippen molar-refractivity contribution in [3.63, 3.8) is 0 Å². The van der Waals surface area contributed by atoms with Crippen molar-refractivity contribution in [2.45, 2.75) is 31.7 Å². The molecular weight excluding hydrogens is 402 g/mol. The van der Waals surface area contributed by atoms with E-state index < -0.39 is 0 Å². The van der Waals surface area contributed by atoms with Crippen LogP contribution in [-0.2, 0) is 17.8 Å². The quantitative estimate of drug-likeness (QED) is 0.573. The molecular formula is C26H29N3OS. The summed E-state index contributed by atoms with van der Waals surface area (Å²) in [5.74, 6) is 0.513. The highest BCUT2D eigenvalue weighted by atomic mass is 32.1. The van der Waals surface area contributed by atoms with Gasteiger partial charge in [0.25, 0.3) is 0 Å². The Bertz CT molecular complexity index is 992. The van der Waals surface area contributed by atoms with Crippen LogP contribution in [0.2, 0.25) is 0 Å². The molecule has 2 atom stereocenters. The number of amides is 1. The van der Waals surface area contributed by atoms with Gasteiger partial charge in [0.1, 0.15) is 0 Å². The van der Waals surface area contributed by atoms with E-state index in [4.69, 9.17) is 0 Å². The molecule has 3 aromatic rings. The number of piperidine rings is 1. The van der Waals surface area contributed by atoms with Crippen LogP contribution < -0.4 is 0 Å². The SMILES string of the molecule is O=C1N(Cc2ccccc2)CCC[C@]12CN(CCc1ccccc1)C[C@@H]2c1nccs1. The molecule has 31 heavy (non-hydrogen) atoms. The molecule has 2 aromatic carbocycles. The van der Waals surface area contributed by atoms with Gasteiger partial charge >= 0.3 is 0 Å². The fourth-order valence-electron chi connectivity index (χ4n) is 5.36. The smallest absolute Gasteiger partial charge is 0.231 e. The van der Waals surface area contributed by atoms with Crippen molar-refractivity contribution in [1.82, 2.24) is 14.8 Å². The fraction of sp³-hybridized carbons (Fsp3) is 0.385. The molecule has 0 radical (unpaired) electrons. The monoisotopic (exact) mass is 431 g/mol. The molecule has 5 heteroatoms. The minimum Gasteiger partial charge on any atom is -0.338 e. The Morgan fingerprint density at radius 3 is 2.48 bits per heavy atom. The van der Waals surface area contributed by atoms with Crippen molar-refractivity contribution in [3.05, 3.63) is 88.4 Å². The minimum absolute atomic E-state index is 0.189. The highest BCUT2D eigenvalue weighted by molar-refractivity contribution is 7.09. The zero-order chi connectivity index (χ0) is 21.1. The summed E-state index contributed by atoms with van der Waals surface area (Å²) in [5, 5.41) is 3.17. The normalized spacial score (nSPS) is 24.2. The summed E-state index contributed by atoms with van der Waals surface area (Å²) in [6.07, 6.45) is 4.93. The van der Waals surface area contributed by atoms with E-state index in [-0.39, 0.29) is 11.3 Å². The molecule has 0 saturated carbocycles. The summed E-state index contributed by atoms with van der Waals surface area (Å²) in [4.78, 5) is 23.2. The first kappa shape index (κ1) is 20.4. The van der Waals surface area contributed by atoms with Gasteiger partial charge in [-0.15, -0.1) is 11.3 Å². The van der Waals surface area contributed by atoms with Crippen LogP contribution in [0.5, 0.6) is 0 Å². The molecule has 0 aliphatic carbocycles. The van der Waals surface area contributed by atoms with Crippen molar-refractivity contribution >= 4 is 17.2 Å². The van der Waals surface area contributed by atoms with Crippen LogP contribution in [0.15, 0.2) is 72.2 Å². The van der Waals surface area contributed by atoms with E-state index in [1.54, 1.807) is 11.3 Å². The molecule has 0 unspecified atom stereocenters. The summed E-state index contributed by atoms with van der Waals surface area (Å²) >= 11 is 1.70. The number of benzene rings is 2. The van der Waals surface area contributed by atoms with Crippen LogP contribution in [0.3, 0.4) is 0 Å². The molecule has 2 saturated heterocycles. The maximum absolute atomic E-state index is 14.0. The molecule has 4 nitrogen and oxygen atoms in total. The summed E-state index contributed by atoms with van der Waals surface area (Å²) in [6, 6.07) is 21.0. The zero-order valence-corrected chi connectivity index (χ0v) is 18.6. The summed E-state index contributed by atoms with van der Waals surface area (Å²) < 4.78 is 0. The second-order valence-corrected chi connectivity index (χ2v) is 9.79. The number of aromatic nitrogens is 1. The largest absolute Gasteiger partial charge is 0.338 e. The number of hydrogen-bond acceptors (Lipinski definition) is 4. The van der Waals surface area contributed by atoms with Gasteiger partial charge < -0.3 is 9.80 Å². The van der Waals surface area contributed by atoms with Gasteiger partial charge in [-0.25, -0.2) is 4.98 Å². The maximum atomic E-state index is 14.0. The van der Waals surface area contributed by atoms with E-state index in [0.717, 1.165) is 50.4 Å². The lowest BCUT2D eigenvalue weighted by Crippen LogP contribution is -2.51. The van der Waals surface area contributed by atoms with Crippen molar-refractivity contribution in [2.24, 2.45) is 5.41 Å². The third kappa shape index (κ3) is 4.17. The molecule has 2 aliphatic heterocycles. The number of thiazole rings is 1. The van der Waals surface area contributed by atoms with E-state index in [9.17, 15) is 4.79 Å². The fourth-order valence-corrected chi connectivity index (χ4v) is 6.21. The lowest BCUT2D eigenvalue weighted by atomic mass is 9.71. The van der Waals surface area contributed by atoms with Gasteiger partial charge in [0, 0.05) is 50.2 Å². The number of likely N-dealkylation sites (tertiary alicyclic amines) is 2. The second kappa shape index (κ2) is 8.93. The van der Waals surface area contributed by atoms with Crippen LogP contribution in [0.1, 0.15) is 34.9 Å². The molecule has 3 heterocycles. The number of hydrogen-bond donors (Lipinski definition) is 0. The highest BCUT2D eigenvalue weighted by Gasteiger charge is 2.55. The Hall–Kier alpha value is -2.50. The minimum atomic E-state index is -0.346. The first-order valence-corrected chi connectivity index (χ1v) is 12.1. The van der Waals surface area contributed by atoms with Crippen molar-refractivity contribution in [1.29, 1.82) is 0 Å². The predicted octanol–water partition coefficient (Wildman–Crippen LogP) is 4.59. The Balaban J connectivity index is 1.38. The standard InChI is InChI=1S/C26H29N3OS/c30-25-26(13-7-15-29(25)18-22-10-5-2-6-11-22)20-28(16-12-21-8-3-1-4-9-21)19-23(26)24-27-14-17-31-24/h1-6,8-11,14,17,23H,7,12-13,15-16,18-20H2/t23-,26-/m1/s1. The average Bonchev–Trinajstić information content (AvgIpc) is 3.46. The first-order chi connectivity index (χ1) is 15.2. The maximum Gasteiger partial charge on any atom is 0.231 e. The third-order valence-corrected chi connectivity index (χ3v) is 7.79. The Kier molecular flexibility index (Phi) is 5.88. The van der Waals surface area contributed by atoms with Gasteiger partial charge in [0.05, 0.1) is 10.4 Å². The Morgan fingerprint density at radius 1 is 1.03 bits per heavy atom. The van der Waals surface area contributed by atoms with Gasteiger partial charge in [-0.2, -0.15) is 0 Å². The van der Waals surface area contributed by atoms with Crippen LogP contribution in [0, 0.1) is 5.41 Å². The van der Waals surface area contributed by atoms with Crippen LogP contribution >= 0.6 is 11.3 Å². The van der Waals surface area contributed by atoms with E-state index >= 15 is 0 Å². The summed E-state index contributed by atoms with van der Waals surface area (Å²) in [6.45, 7) is 4.30. The van der Waals surface area contributed by atoms with Gasteiger partial charge in [-0.1, -0.05) is 60.7 Å². The van der Waals surface area contributed by atoms with Crippen molar-refractivity contribution in [3.8, 4) is 0 Å². The lowest BCUT2D eigenvalue weighted by molar-refractivity contribution is -0.147. The summed E-state index contributed by atoms with van der Waals surface area (Å²) in [5.41, 5.74) is 2.22. The highest BCUT2D eigenvalue weighted by Crippen LogP contribution is 2.50. The lowest BCUT2D eigenvalue weighted by Gasteiger charge is -2.42. The van der Waals surface area contributed by atoms with Crippen LogP contribution in [0.25, 0.3) is 0 Å². The van der Waals surface area contributed by atoms with Gasteiger partial charge in [0.2, 0.25) is 5.91 Å². The molecule has 2 fully saturated rings. The van der Waals surface area contributed by atoms with Crippen LogP contribution in [-0.4, -0.2) is 46.9 Å². The molecule has 5 rings (SSSR count). The molecule has 160 valence electrons. The zero-order valence-electron chi connectivity index (χ0n) is 17.8. The van der Waals surface area contributed by atoms with E-state index in [0.29, 0.717) is 12.5 Å². The molecule has 1 spiro atoms. The third-order valence-electron chi connectivity index (χ3n) is 6.90. The number of carbonyl (C=O) groups excluding carboxylic acids is 1. The topological polar surface area (TPSA) is 36.4 Å². The Morgan fingerprint density at radius 2 is 1.77 bits per heavy atom. The molecule has 1 aromatic heterocycles. The molecule has 0 N–H and O–H groups in total. The average molecular weight is 432 g/mol. The Labute approximate surface area is 188 Å². The van der Waals surface area contributed by atoms with Gasteiger partial charge in [0.15, 0.2) is 0 Å². The number of nitrogens with zero attached hydrogens (tertiary/aromatic N) is 3. The van der Waals surface area contributed by atoms with Crippen LogP contribution in [0.4, 0.5) is 0 Å². The van der Waals surface area contributed by atoms with Gasteiger partial charge in [-0.3, -0.25) is 4.79 Å². The number of rotatable bonds is 6. The predicted molar refractivity (Wildman–Crippen MR) is 125 cm³/mol. The second-order valence-electron chi connectivity index (χ2n) is 8.87. The van der Waals surface area contributed by atoms with E-state index in [1.807, 2.05) is 17.6 Å². The molecule has 0 bridgehead atoms. The number of carbonyl (C=O) groups is 1. The summed E-state index contributed by atoms with van der Waals surface area (Å²) in [7, 11) is 0. The van der Waals surface area contributed by atoms with Crippen molar-refractivity contribution in [2.75, 3.05) is 26.2 Å². The first-order valence-electron chi connectivity index (χ1n) is 11.2. The van der Waals surface area contributed by atoms with E-state index in [1.165, 1.54) is 11.1 Å².